The molecule has 0 aliphatic heterocycles. The molecular weight excluding hydrogens is 871 g/mol. The number of benzene rings is 2. The largest absolute Gasteiger partial charge is 0.494 e. The number of hydrogen-bond acceptors (Lipinski definition) is 13. The highest BCUT2D eigenvalue weighted by Crippen LogP contribution is 2.33. The van der Waals surface area contributed by atoms with E-state index in [-0.39, 0.29) is 59.9 Å². The first kappa shape index (κ1) is 52.2. The quantitative estimate of drug-likeness (QED) is 0.0366. The summed E-state index contributed by atoms with van der Waals surface area (Å²) in [6, 6.07) is 7.68. The fourth-order valence-corrected chi connectivity index (χ4v) is 6.67. The maximum atomic E-state index is 13.8. The molecule has 0 spiro atoms. The van der Waals surface area contributed by atoms with E-state index in [2.05, 4.69) is 48.0 Å². The van der Waals surface area contributed by atoms with Crippen molar-refractivity contribution in [3.63, 3.8) is 0 Å². The third-order valence-electron chi connectivity index (χ3n) is 9.54. The molecule has 4 aromatic heterocycles. The minimum atomic E-state index is -0.713. The Morgan fingerprint density at radius 3 is 1.96 bits per heavy atom. The highest BCUT2D eigenvalue weighted by Gasteiger charge is 2.23. The van der Waals surface area contributed by atoms with Crippen molar-refractivity contribution in [2.24, 2.45) is 22.2 Å². The predicted molar refractivity (Wildman–Crippen MR) is 265 cm³/mol. The van der Waals surface area contributed by atoms with Crippen molar-refractivity contribution < 1.29 is 28.7 Å². The molecule has 0 unspecified atom stereocenters. The molecule has 9 N–H and O–H groups in total. The monoisotopic (exact) mass is 931 g/mol. The van der Waals surface area contributed by atoms with Gasteiger partial charge in [-0.05, 0) is 64.1 Å². The molecule has 2 aromatic carbocycles. The number of primary amides is 2. The van der Waals surface area contributed by atoms with Crippen molar-refractivity contribution in [3.05, 3.63) is 89.2 Å². The van der Waals surface area contributed by atoms with Crippen molar-refractivity contribution in [2.45, 2.75) is 81.6 Å². The lowest BCUT2D eigenvalue weighted by Gasteiger charge is -2.12. The molecule has 21 nitrogen and oxygen atoms in total. The van der Waals surface area contributed by atoms with Crippen LogP contribution >= 0.6 is 0 Å². The van der Waals surface area contributed by atoms with Crippen LogP contribution in [0.5, 0.6) is 11.5 Å². The van der Waals surface area contributed by atoms with Crippen molar-refractivity contribution in [2.75, 3.05) is 43.3 Å². The average molecular weight is 932 g/mol. The number of anilines is 3. The highest BCUT2D eigenvalue weighted by atomic mass is 16.5. The van der Waals surface area contributed by atoms with Crippen LogP contribution in [0.2, 0.25) is 0 Å². The zero-order valence-corrected chi connectivity index (χ0v) is 40.2. The highest BCUT2D eigenvalue weighted by molar-refractivity contribution is 6.47. The number of aryl methyl sites for hydroxylation is 2. The molecule has 0 saturated heterocycles. The van der Waals surface area contributed by atoms with E-state index in [1.165, 1.54) is 37.5 Å². The van der Waals surface area contributed by atoms with E-state index in [1.54, 1.807) is 70.7 Å². The van der Waals surface area contributed by atoms with Crippen molar-refractivity contribution >= 4 is 69.0 Å². The van der Waals surface area contributed by atoms with Gasteiger partial charge in [0.2, 0.25) is 23.7 Å². The molecule has 68 heavy (non-hydrogen) atoms. The van der Waals surface area contributed by atoms with Gasteiger partial charge in [-0.1, -0.05) is 51.7 Å². The molecule has 0 aliphatic rings. The number of aromatic nitrogens is 8. The zero-order chi connectivity index (χ0) is 50.1. The van der Waals surface area contributed by atoms with E-state index >= 15 is 0 Å². The van der Waals surface area contributed by atoms with Gasteiger partial charge in [-0.15, -0.1) is 0 Å². The molecule has 0 bridgehead atoms. The first-order valence-corrected chi connectivity index (χ1v) is 22.1. The van der Waals surface area contributed by atoms with Crippen LogP contribution in [0, 0.1) is 18.8 Å². The molecule has 4 heterocycles. The number of aliphatic imine (C=N–C) groups is 1. The molecule has 0 aliphatic carbocycles. The number of ether oxygens (including phenoxy) is 2. The average Bonchev–Trinajstić information content (AvgIpc) is 4.12. The molecule has 0 radical (unpaired) electrons. The van der Waals surface area contributed by atoms with Crippen LogP contribution in [-0.4, -0.2) is 95.3 Å². The second-order valence-electron chi connectivity index (χ2n) is 14.1. The fourth-order valence-electron chi connectivity index (χ4n) is 6.67. The molecule has 6 rings (SSSR count). The maximum Gasteiger partial charge on any atom is 0.276 e. The SMILES string of the molecule is CC.CC.CCN=C(/C=C(/C)N)C(=O)Nc1nc2cc(C(N)=O)cc(OC)c2n1C/C=C/Cn1c(NC(=O)c2cc(C)nn2CC)nc2cc(C(N)=O)cc(OCC#CCn3cc(NC)cn3)c21. The first-order chi connectivity index (χ1) is 32.7. The summed E-state index contributed by atoms with van der Waals surface area (Å²) in [4.78, 5) is 65.8. The van der Waals surface area contributed by atoms with Crippen molar-refractivity contribution in [3.8, 4) is 23.3 Å². The minimum Gasteiger partial charge on any atom is -0.494 e. The van der Waals surface area contributed by atoms with Gasteiger partial charge in [-0.25, -0.2) is 9.97 Å². The Morgan fingerprint density at radius 2 is 1.43 bits per heavy atom. The van der Waals surface area contributed by atoms with Crippen LogP contribution < -0.4 is 42.6 Å². The Hall–Kier alpha value is -8.41. The van der Waals surface area contributed by atoms with E-state index in [0.29, 0.717) is 58.8 Å². The van der Waals surface area contributed by atoms with Gasteiger partial charge in [0, 0.05) is 56.2 Å². The summed E-state index contributed by atoms with van der Waals surface area (Å²) in [5.74, 6) is 4.32. The van der Waals surface area contributed by atoms with Gasteiger partial charge < -0.3 is 41.1 Å². The van der Waals surface area contributed by atoms with Crippen LogP contribution in [0.1, 0.15) is 85.4 Å². The third kappa shape index (κ3) is 12.7. The normalized spacial score (nSPS) is 11.3. The molecule has 6 aromatic rings. The summed E-state index contributed by atoms with van der Waals surface area (Å²) in [5.41, 5.74) is 21.4. The standard InChI is InChI=1S/C43H49N15O6.2C2H6/c1-7-48-32(17-25(3)44)40(61)52-42-50-30-19-27(38(45)59)21-34(63-6)36(30)56(42)14-9-10-15-57-37-31(51-43(57)53-41(62)33-18-26(4)54-58(33)8-2)20-28(39(46)60)22-35(37)64-16-12-11-13-55-24-29(47-5)23-49-55;2*1-2/h9-10,17-24,47H,7-8,13-16,44H2,1-6H3,(H2,45,59)(H2,46,60)(H,50,52,61)(H,51,53,62);2*1-2H3/b10-9+,25-17-,48-32?;;. The van der Waals surface area contributed by atoms with Gasteiger partial charge in [0.1, 0.15) is 47.1 Å². The second-order valence-corrected chi connectivity index (χ2v) is 14.1. The van der Waals surface area contributed by atoms with E-state index in [9.17, 15) is 19.2 Å². The summed E-state index contributed by atoms with van der Waals surface area (Å²) in [6.07, 6.45) is 8.56. The van der Waals surface area contributed by atoms with E-state index in [0.717, 1.165) is 5.69 Å². The molecule has 360 valence electrons. The van der Waals surface area contributed by atoms with E-state index in [1.807, 2.05) is 40.8 Å². The van der Waals surface area contributed by atoms with Gasteiger partial charge in [-0.3, -0.25) is 44.2 Å². The Kier molecular flexibility index (Phi) is 19.0. The summed E-state index contributed by atoms with van der Waals surface area (Å²) < 4.78 is 18.5. The van der Waals surface area contributed by atoms with Crippen molar-refractivity contribution in [1.29, 1.82) is 0 Å². The fraction of sp³-hybridized carbons (Fsp3) is 0.340. The molecular formula is C47H61N15O6. The number of nitrogens with zero attached hydrogens (tertiary/aromatic N) is 9. The number of methoxy groups -OCH3 is 1. The summed E-state index contributed by atoms with van der Waals surface area (Å²) >= 11 is 0. The minimum absolute atomic E-state index is 0.0675. The number of imidazole rings is 2. The molecule has 21 heteroatoms. The Morgan fingerprint density at radius 1 is 0.838 bits per heavy atom. The van der Waals surface area contributed by atoms with Gasteiger partial charge in [0.15, 0.2) is 0 Å². The lowest BCUT2D eigenvalue weighted by atomic mass is 10.1. The number of hydrogen-bond donors (Lipinski definition) is 6. The second kappa shape index (κ2) is 24.8. The molecule has 0 saturated carbocycles. The molecule has 4 amide bonds. The zero-order valence-electron chi connectivity index (χ0n) is 40.2. The number of nitrogens with one attached hydrogen (secondary N) is 3. The number of carbonyl (C=O) groups is 4. The van der Waals surface area contributed by atoms with Gasteiger partial charge in [0.05, 0.1) is 35.7 Å². The van der Waals surface area contributed by atoms with Gasteiger partial charge in [-0.2, -0.15) is 10.2 Å². The number of nitrogens with two attached hydrogens (primary N) is 3. The molecule has 0 atom stereocenters. The van der Waals surface area contributed by atoms with Crippen molar-refractivity contribution in [1.82, 2.24) is 38.7 Å². The van der Waals surface area contributed by atoms with E-state index in [4.69, 9.17) is 31.7 Å². The number of rotatable bonds is 18. The summed E-state index contributed by atoms with van der Waals surface area (Å²) in [6.45, 7) is 16.3. The summed E-state index contributed by atoms with van der Waals surface area (Å²) in [7, 11) is 3.23. The maximum absolute atomic E-state index is 13.8. The number of allylic oxidation sites excluding steroid dienone is 3. The third-order valence-corrected chi connectivity index (χ3v) is 9.54. The number of carbonyl (C=O) groups excluding carboxylic acids is 4. The summed E-state index contributed by atoms with van der Waals surface area (Å²) in [5, 5.41) is 17.4. The van der Waals surface area contributed by atoms with Gasteiger partial charge >= 0.3 is 0 Å². The molecule has 0 fully saturated rings. The number of amides is 4. The Balaban J connectivity index is 0.00000245. The van der Waals surface area contributed by atoms with Crippen LogP contribution in [0.15, 0.2) is 71.6 Å². The van der Waals surface area contributed by atoms with Crippen LogP contribution in [0.4, 0.5) is 17.6 Å². The van der Waals surface area contributed by atoms with Gasteiger partial charge in [0.25, 0.3) is 11.8 Å². The Labute approximate surface area is 394 Å². The lowest BCUT2D eigenvalue weighted by molar-refractivity contribution is -0.110. The smallest absolute Gasteiger partial charge is 0.276 e. The number of fused-ring (bicyclic) bond motifs is 2. The lowest BCUT2D eigenvalue weighted by Crippen LogP contribution is -2.24. The van der Waals surface area contributed by atoms with Crippen LogP contribution in [-0.2, 0) is 31.0 Å². The van der Waals surface area contributed by atoms with Crippen LogP contribution in [0.3, 0.4) is 0 Å². The Bertz CT molecular complexity index is 2920. The van der Waals surface area contributed by atoms with Crippen LogP contribution in [0.25, 0.3) is 22.1 Å². The first-order valence-electron chi connectivity index (χ1n) is 22.1. The topological polar surface area (TPSA) is 285 Å². The van der Waals surface area contributed by atoms with E-state index < -0.39 is 23.6 Å². The predicted octanol–water partition coefficient (Wildman–Crippen LogP) is 5.26.